The van der Waals surface area contributed by atoms with Crippen molar-refractivity contribution in [3.63, 3.8) is 0 Å². The van der Waals surface area contributed by atoms with E-state index in [9.17, 15) is 14.7 Å². The average Bonchev–Trinajstić information content (AvgIpc) is 3.64. The van der Waals surface area contributed by atoms with Crippen molar-refractivity contribution < 1.29 is 19.4 Å². The largest absolute Gasteiger partial charge is 0.506 e. The number of phenols is 1. The lowest BCUT2D eigenvalue weighted by Gasteiger charge is -2.24. The normalized spacial score (nSPS) is 18.0. The molecule has 2 aliphatic heterocycles. The molecule has 2 aliphatic rings. The zero-order valence-electron chi connectivity index (χ0n) is 22.3. The molecule has 0 saturated carbocycles. The maximum atomic E-state index is 13.4. The molecule has 1 N–H and O–H groups in total. The molecule has 0 radical (unpaired) electrons. The van der Waals surface area contributed by atoms with E-state index in [1.54, 1.807) is 23.5 Å². The average molecular weight is 633 g/mol. The van der Waals surface area contributed by atoms with E-state index in [4.69, 9.17) is 4.74 Å². The molecule has 1 unspecified atom stereocenters. The molecule has 10 heteroatoms. The molecule has 1 atom stereocenters. The van der Waals surface area contributed by atoms with Crippen molar-refractivity contribution in [2.75, 3.05) is 37.7 Å². The van der Waals surface area contributed by atoms with Crippen LogP contribution in [0.2, 0.25) is 0 Å². The Labute approximate surface area is 246 Å². The van der Waals surface area contributed by atoms with Gasteiger partial charge in [-0.25, -0.2) is 4.79 Å². The number of halogens is 1. The number of nitrogens with zero attached hydrogens (tertiary/aromatic N) is 3. The number of benzene rings is 2. The molecule has 0 aliphatic carbocycles. The SMILES string of the molecule is CCOC(=O)c1c(CSCCN2C(=O)CSC2c2ccccc2)n(C)c2cc(Br)c(O)c(CN3CCCC3)c12. The van der Waals surface area contributed by atoms with Crippen LogP contribution in [0.25, 0.3) is 10.9 Å². The van der Waals surface area contributed by atoms with Crippen LogP contribution < -0.4 is 0 Å². The van der Waals surface area contributed by atoms with Crippen LogP contribution in [0.1, 0.15) is 52.3 Å². The fraction of sp³-hybridized carbons (Fsp3) is 0.448. The number of hydrogen-bond donors (Lipinski definition) is 1. The summed E-state index contributed by atoms with van der Waals surface area (Å²) in [6.45, 7) is 5.28. The maximum absolute atomic E-state index is 13.4. The number of hydrogen-bond acceptors (Lipinski definition) is 7. The van der Waals surface area contributed by atoms with Gasteiger partial charge in [-0.05, 0) is 60.4 Å². The predicted molar refractivity (Wildman–Crippen MR) is 162 cm³/mol. The van der Waals surface area contributed by atoms with Crippen LogP contribution in [0.5, 0.6) is 5.75 Å². The summed E-state index contributed by atoms with van der Waals surface area (Å²) in [5.41, 5.74) is 4.21. The van der Waals surface area contributed by atoms with Crippen molar-refractivity contribution in [1.29, 1.82) is 0 Å². The molecule has 2 fully saturated rings. The first-order valence-corrected chi connectivity index (χ1v) is 16.3. The molecule has 5 rings (SSSR count). The summed E-state index contributed by atoms with van der Waals surface area (Å²) < 4.78 is 8.20. The highest BCUT2D eigenvalue weighted by atomic mass is 79.9. The lowest BCUT2D eigenvalue weighted by molar-refractivity contribution is -0.127. The van der Waals surface area contributed by atoms with Crippen molar-refractivity contribution in [3.8, 4) is 5.75 Å². The van der Waals surface area contributed by atoms with Crippen LogP contribution >= 0.6 is 39.5 Å². The van der Waals surface area contributed by atoms with Crippen LogP contribution in [0.3, 0.4) is 0 Å². The van der Waals surface area contributed by atoms with Crippen molar-refractivity contribution in [3.05, 3.63) is 63.3 Å². The van der Waals surface area contributed by atoms with Gasteiger partial charge in [0.25, 0.3) is 0 Å². The number of esters is 1. The Morgan fingerprint density at radius 2 is 1.97 bits per heavy atom. The van der Waals surface area contributed by atoms with Crippen LogP contribution in [-0.2, 0) is 28.9 Å². The van der Waals surface area contributed by atoms with E-state index >= 15 is 0 Å². The van der Waals surface area contributed by atoms with Crippen LogP contribution in [-0.4, -0.2) is 69.1 Å². The lowest BCUT2D eigenvalue weighted by atomic mass is 10.0. The zero-order chi connectivity index (χ0) is 27.5. The minimum Gasteiger partial charge on any atom is -0.506 e. The summed E-state index contributed by atoms with van der Waals surface area (Å²) in [4.78, 5) is 30.3. The van der Waals surface area contributed by atoms with Crippen molar-refractivity contribution in [1.82, 2.24) is 14.4 Å². The van der Waals surface area contributed by atoms with Gasteiger partial charge >= 0.3 is 5.97 Å². The lowest BCUT2D eigenvalue weighted by Crippen LogP contribution is -2.30. The van der Waals surface area contributed by atoms with E-state index in [1.165, 1.54) is 0 Å². The summed E-state index contributed by atoms with van der Waals surface area (Å²) in [6, 6.07) is 12.0. The number of carbonyl (C=O) groups is 2. The Morgan fingerprint density at radius 1 is 1.23 bits per heavy atom. The van der Waals surface area contributed by atoms with Crippen molar-refractivity contribution in [2.24, 2.45) is 7.05 Å². The van der Waals surface area contributed by atoms with E-state index < -0.39 is 0 Å². The Morgan fingerprint density at radius 3 is 2.69 bits per heavy atom. The first-order chi connectivity index (χ1) is 18.9. The molecular formula is C29H34BrN3O4S2. The number of aromatic hydroxyl groups is 1. The summed E-state index contributed by atoms with van der Waals surface area (Å²) in [5, 5.41) is 11.9. The maximum Gasteiger partial charge on any atom is 0.340 e. The Bertz CT molecular complexity index is 1360. The van der Waals surface area contributed by atoms with Gasteiger partial charge in [0.1, 0.15) is 11.1 Å². The third-order valence-electron chi connectivity index (χ3n) is 7.47. The molecule has 0 spiro atoms. The molecule has 2 saturated heterocycles. The fourth-order valence-electron chi connectivity index (χ4n) is 5.51. The van der Waals surface area contributed by atoms with E-state index in [-0.39, 0.29) is 29.6 Å². The van der Waals surface area contributed by atoms with Gasteiger partial charge in [-0.3, -0.25) is 9.69 Å². The number of aryl methyl sites for hydroxylation is 1. The second kappa shape index (κ2) is 12.6. The number of thioether (sulfide) groups is 2. The monoisotopic (exact) mass is 631 g/mol. The first-order valence-electron chi connectivity index (χ1n) is 13.4. The smallest absolute Gasteiger partial charge is 0.340 e. The predicted octanol–water partition coefficient (Wildman–Crippen LogP) is 5.93. The highest BCUT2D eigenvalue weighted by molar-refractivity contribution is 9.10. The fourth-order valence-corrected chi connectivity index (χ4v) is 8.19. The van der Waals surface area contributed by atoms with E-state index in [2.05, 4.69) is 37.5 Å². The van der Waals surface area contributed by atoms with Crippen molar-refractivity contribution in [2.45, 2.75) is 37.4 Å². The van der Waals surface area contributed by atoms with Crippen LogP contribution in [0, 0.1) is 0 Å². The second-order valence-electron chi connectivity index (χ2n) is 9.88. The van der Waals surface area contributed by atoms with Gasteiger partial charge in [0.05, 0.1) is 27.9 Å². The Hall–Kier alpha value is -2.14. The third-order valence-corrected chi connectivity index (χ3v) is 10.3. The van der Waals surface area contributed by atoms with Gasteiger partial charge in [0.2, 0.25) is 5.91 Å². The minimum atomic E-state index is -0.363. The number of likely N-dealkylation sites (tertiary alicyclic amines) is 1. The molecule has 2 aromatic carbocycles. The number of aromatic nitrogens is 1. The van der Waals surface area contributed by atoms with Gasteiger partial charge in [0, 0.05) is 48.3 Å². The first kappa shape index (κ1) is 28.4. The van der Waals surface area contributed by atoms with Crippen molar-refractivity contribution >= 4 is 62.2 Å². The molecule has 3 heterocycles. The van der Waals surface area contributed by atoms with Gasteiger partial charge in [-0.2, -0.15) is 11.8 Å². The number of fused-ring (bicyclic) bond motifs is 1. The molecule has 3 aromatic rings. The summed E-state index contributed by atoms with van der Waals surface area (Å²) >= 11 is 6.91. The van der Waals surface area contributed by atoms with E-state index in [0.717, 1.165) is 59.4 Å². The molecule has 1 amide bonds. The number of rotatable bonds is 10. The second-order valence-corrected chi connectivity index (χ2v) is 12.9. The quantitative estimate of drug-likeness (QED) is 0.220. The number of phenolic OH excluding ortho intramolecular Hbond substituents is 1. The number of ether oxygens (including phenoxy) is 1. The Kier molecular flexibility index (Phi) is 9.16. The molecule has 7 nitrogen and oxygen atoms in total. The van der Waals surface area contributed by atoms with E-state index in [1.807, 2.05) is 43.1 Å². The zero-order valence-corrected chi connectivity index (χ0v) is 25.5. The number of amides is 1. The van der Waals surface area contributed by atoms with Crippen LogP contribution in [0.15, 0.2) is 40.9 Å². The topological polar surface area (TPSA) is 75.0 Å². The van der Waals surface area contributed by atoms with Gasteiger partial charge < -0.3 is 19.3 Å². The Balaban J connectivity index is 1.41. The van der Waals surface area contributed by atoms with Gasteiger partial charge in [-0.1, -0.05) is 30.3 Å². The number of carbonyl (C=O) groups excluding carboxylic acids is 2. The summed E-state index contributed by atoms with van der Waals surface area (Å²) in [5.74, 6) is 1.82. The summed E-state index contributed by atoms with van der Waals surface area (Å²) in [7, 11) is 1.97. The molecule has 0 bridgehead atoms. The highest BCUT2D eigenvalue weighted by Crippen LogP contribution is 2.42. The third kappa shape index (κ3) is 5.85. The summed E-state index contributed by atoms with van der Waals surface area (Å²) in [6.07, 6.45) is 2.28. The highest BCUT2D eigenvalue weighted by Gasteiger charge is 2.33. The molecule has 39 heavy (non-hydrogen) atoms. The van der Waals surface area contributed by atoms with Crippen LogP contribution in [0.4, 0.5) is 0 Å². The molecule has 1 aromatic heterocycles. The van der Waals surface area contributed by atoms with Gasteiger partial charge in [0.15, 0.2) is 0 Å². The minimum absolute atomic E-state index is 0.0421. The van der Waals surface area contributed by atoms with E-state index in [0.29, 0.717) is 34.6 Å². The van der Waals surface area contributed by atoms with Gasteiger partial charge in [-0.15, -0.1) is 11.8 Å². The molecule has 208 valence electrons. The standard InChI is InChI=1S/C29H34BrN3O4S2/c1-3-37-29(36)26-23(17-38-14-13-33-24(34)18-39-28(33)19-9-5-4-6-10-19)31(2)22-15-21(30)27(35)20(25(22)26)16-32-11-7-8-12-32/h4-6,9-10,15,28,35H,3,7-8,11-14,16-18H2,1-2H3. The molecular weight excluding hydrogens is 598 g/mol.